The van der Waals surface area contributed by atoms with Crippen molar-refractivity contribution in [2.75, 3.05) is 45.9 Å². The summed E-state index contributed by atoms with van der Waals surface area (Å²) < 4.78 is 6.33. The fraction of sp³-hybridized carbons (Fsp3) is 0.783. The fourth-order valence-corrected chi connectivity index (χ4v) is 6.19. The first kappa shape index (κ1) is 19.6. The van der Waals surface area contributed by atoms with Gasteiger partial charge in [0, 0.05) is 38.6 Å². The Bertz CT molecular complexity index is 692. The molecule has 0 aromatic rings. The van der Waals surface area contributed by atoms with Crippen LogP contribution in [-0.4, -0.2) is 79.2 Å². The predicted octanol–water partition coefficient (Wildman–Crippen LogP) is 2.25. The third-order valence-corrected chi connectivity index (χ3v) is 7.73. The standard InChI is InChI=1S/C23H37N5O/c1-17-13-24-10-7-21(17)22(27-14-19-5-6-20(15-27)26-19)25-18(2)29-16-23-8-3-11-28(23)12-4-9-23/h19-20,24,26H,1,3-16H2,2H3/b22-21+,25-18+. The summed E-state index contributed by atoms with van der Waals surface area (Å²) in [5, 5.41) is 7.19. The zero-order valence-corrected chi connectivity index (χ0v) is 18.0. The van der Waals surface area contributed by atoms with Gasteiger partial charge in [-0.2, -0.15) is 0 Å². The zero-order chi connectivity index (χ0) is 19.8. The topological polar surface area (TPSA) is 52.1 Å². The summed E-state index contributed by atoms with van der Waals surface area (Å²) in [6.07, 6.45) is 8.74. The quantitative estimate of drug-likeness (QED) is 0.561. The largest absolute Gasteiger partial charge is 0.479 e. The molecule has 6 heteroatoms. The van der Waals surface area contributed by atoms with Crippen molar-refractivity contribution in [3.05, 3.63) is 23.5 Å². The van der Waals surface area contributed by atoms with Crippen LogP contribution >= 0.6 is 0 Å². The van der Waals surface area contributed by atoms with Crippen molar-refractivity contribution in [3.63, 3.8) is 0 Å². The van der Waals surface area contributed by atoms with E-state index in [2.05, 4.69) is 27.0 Å². The minimum absolute atomic E-state index is 0.274. The van der Waals surface area contributed by atoms with Crippen LogP contribution in [-0.2, 0) is 4.74 Å². The molecule has 5 heterocycles. The van der Waals surface area contributed by atoms with Crippen LogP contribution in [0.4, 0.5) is 0 Å². The molecule has 2 bridgehead atoms. The summed E-state index contributed by atoms with van der Waals surface area (Å²) in [6.45, 7) is 13.6. The summed E-state index contributed by atoms with van der Waals surface area (Å²) in [6, 6.07) is 1.19. The number of nitrogens with one attached hydrogen (secondary N) is 2. The monoisotopic (exact) mass is 399 g/mol. The second-order valence-electron chi connectivity index (χ2n) is 9.71. The molecule has 5 aliphatic rings. The average Bonchev–Trinajstić information content (AvgIpc) is 3.39. The van der Waals surface area contributed by atoms with Crippen LogP contribution in [0.1, 0.15) is 51.9 Å². The Morgan fingerprint density at radius 1 is 1.21 bits per heavy atom. The molecular formula is C23H37N5O. The molecule has 0 saturated carbocycles. The molecule has 6 nitrogen and oxygen atoms in total. The number of rotatable bonds is 4. The highest BCUT2D eigenvalue weighted by molar-refractivity contribution is 5.74. The van der Waals surface area contributed by atoms with Gasteiger partial charge >= 0.3 is 0 Å². The third-order valence-electron chi connectivity index (χ3n) is 7.73. The third kappa shape index (κ3) is 3.87. The molecule has 5 rings (SSSR count). The van der Waals surface area contributed by atoms with E-state index in [9.17, 15) is 0 Å². The second kappa shape index (κ2) is 8.05. The van der Waals surface area contributed by atoms with E-state index in [4.69, 9.17) is 9.73 Å². The molecule has 160 valence electrons. The van der Waals surface area contributed by atoms with Gasteiger partial charge in [0.1, 0.15) is 12.4 Å². The molecule has 0 spiro atoms. The Morgan fingerprint density at radius 2 is 1.93 bits per heavy atom. The van der Waals surface area contributed by atoms with Crippen LogP contribution in [0.3, 0.4) is 0 Å². The number of hydrogen-bond donors (Lipinski definition) is 2. The Labute approximate surface area is 175 Å². The van der Waals surface area contributed by atoms with Gasteiger partial charge in [0.25, 0.3) is 0 Å². The number of ether oxygens (including phenoxy) is 1. The lowest BCUT2D eigenvalue weighted by Crippen LogP contribution is -2.50. The van der Waals surface area contributed by atoms with Gasteiger partial charge in [-0.1, -0.05) is 6.58 Å². The van der Waals surface area contributed by atoms with Crippen molar-refractivity contribution in [1.29, 1.82) is 0 Å². The lowest BCUT2D eigenvalue weighted by molar-refractivity contribution is 0.106. The van der Waals surface area contributed by atoms with E-state index < -0.39 is 0 Å². The molecule has 0 aromatic heterocycles. The van der Waals surface area contributed by atoms with Gasteiger partial charge in [-0.05, 0) is 75.7 Å². The van der Waals surface area contributed by atoms with Crippen molar-refractivity contribution >= 4 is 5.90 Å². The molecule has 0 aliphatic carbocycles. The molecule has 2 unspecified atom stereocenters. The highest BCUT2D eigenvalue weighted by atomic mass is 16.5. The van der Waals surface area contributed by atoms with Gasteiger partial charge in [-0.3, -0.25) is 4.90 Å². The summed E-state index contributed by atoms with van der Waals surface area (Å²) in [5.41, 5.74) is 2.79. The number of fused-ring (bicyclic) bond motifs is 3. The smallest absolute Gasteiger partial charge is 0.186 e. The highest BCUT2D eigenvalue weighted by Crippen LogP contribution is 2.39. The van der Waals surface area contributed by atoms with Crippen LogP contribution < -0.4 is 10.6 Å². The van der Waals surface area contributed by atoms with E-state index >= 15 is 0 Å². The van der Waals surface area contributed by atoms with Crippen LogP contribution in [0.2, 0.25) is 0 Å². The van der Waals surface area contributed by atoms with Crippen molar-refractivity contribution in [1.82, 2.24) is 20.4 Å². The van der Waals surface area contributed by atoms with Crippen molar-refractivity contribution < 1.29 is 4.74 Å². The normalized spacial score (nSPS) is 33.9. The minimum Gasteiger partial charge on any atom is -0.479 e. The number of piperidine rings is 1. The molecule has 29 heavy (non-hydrogen) atoms. The van der Waals surface area contributed by atoms with E-state index in [0.29, 0.717) is 12.1 Å². The summed E-state index contributed by atoms with van der Waals surface area (Å²) in [7, 11) is 0. The van der Waals surface area contributed by atoms with Gasteiger partial charge in [0.2, 0.25) is 0 Å². The number of aliphatic imine (C=N–C) groups is 1. The lowest BCUT2D eigenvalue weighted by atomic mass is 9.95. The lowest BCUT2D eigenvalue weighted by Gasteiger charge is -2.37. The predicted molar refractivity (Wildman–Crippen MR) is 117 cm³/mol. The Morgan fingerprint density at radius 3 is 2.62 bits per heavy atom. The Hall–Kier alpha value is -1.37. The van der Waals surface area contributed by atoms with Crippen molar-refractivity contribution in [3.8, 4) is 0 Å². The molecule has 5 saturated heterocycles. The second-order valence-corrected chi connectivity index (χ2v) is 9.71. The maximum absolute atomic E-state index is 6.33. The Balaban J connectivity index is 1.36. The van der Waals surface area contributed by atoms with Gasteiger partial charge < -0.3 is 20.3 Å². The molecule has 0 amide bonds. The maximum Gasteiger partial charge on any atom is 0.186 e. The van der Waals surface area contributed by atoms with Gasteiger partial charge in [-0.15, -0.1) is 0 Å². The van der Waals surface area contributed by atoms with E-state index in [1.807, 2.05) is 6.92 Å². The average molecular weight is 400 g/mol. The molecule has 0 radical (unpaired) electrons. The van der Waals surface area contributed by atoms with Gasteiger partial charge in [-0.25, -0.2) is 4.99 Å². The van der Waals surface area contributed by atoms with Crippen molar-refractivity contribution in [2.24, 2.45) is 4.99 Å². The van der Waals surface area contributed by atoms with E-state index in [0.717, 1.165) is 50.9 Å². The minimum atomic E-state index is 0.274. The number of piperazine rings is 1. The fourth-order valence-electron chi connectivity index (χ4n) is 6.19. The van der Waals surface area contributed by atoms with Crippen LogP contribution in [0.25, 0.3) is 0 Å². The van der Waals surface area contributed by atoms with Gasteiger partial charge in [0.15, 0.2) is 5.90 Å². The first-order chi connectivity index (χ1) is 14.1. The van der Waals surface area contributed by atoms with Gasteiger partial charge in [0.05, 0.1) is 5.54 Å². The molecule has 2 atom stereocenters. The van der Waals surface area contributed by atoms with E-state index in [1.54, 1.807) is 0 Å². The summed E-state index contributed by atoms with van der Waals surface area (Å²) in [5.74, 6) is 1.94. The first-order valence-electron chi connectivity index (χ1n) is 11.7. The van der Waals surface area contributed by atoms with E-state index in [1.165, 1.54) is 62.8 Å². The number of likely N-dealkylation sites (tertiary alicyclic amines) is 1. The van der Waals surface area contributed by atoms with Crippen LogP contribution in [0.5, 0.6) is 0 Å². The SMILES string of the molecule is C=C1CNCC/C1=C(/N=C(\C)OCC12CCCN1CCC2)N1CC2CCC(C1)N2. The molecule has 0 aromatic carbocycles. The maximum atomic E-state index is 6.33. The zero-order valence-electron chi connectivity index (χ0n) is 18.0. The van der Waals surface area contributed by atoms with E-state index in [-0.39, 0.29) is 5.54 Å². The molecule has 5 fully saturated rings. The van der Waals surface area contributed by atoms with Crippen molar-refractivity contribution in [2.45, 2.75) is 69.5 Å². The summed E-state index contributed by atoms with van der Waals surface area (Å²) >= 11 is 0. The number of nitrogens with zero attached hydrogens (tertiary/aromatic N) is 3. The first-order valence-corrected chi connectivity index (χ1v) is 11.7. The molecule has 2 N–H and O–H groups in total. The van der Waals surface area contributed by atoms with Crippen LogP contribution in [0.15, 0.2) is 28.5 Å². The molecule has 5 aliphatic heterocycles. The van der Waals surface area contributed by atoms with Crippen LogP contribution in [0, 0.1) is 0 Å². The highest BCUT2D eigenvalue weighted by Gasteiger charge is 2.45. The Kier molecular flexibility index (Phi) is 5.43. The number of hydrogen-bond acceptors (Lipinski definition) is 6. The summed E-state index contributed by atoms with van der Waals surface area (Å²) in [4.78, 5) is 10.3. The molecular weight excluding hydrogens is 362 g/mol.